The van der Waals surface area contributed by atoms with Gasteiger partial charge in [-0.1, -0.05) is 0 Å². The van der Waals surface area contributed by atoms with E-state index >= 15 is 0 Å². The van der Waals surface area contributed by atoms with Crippen LogP contribution in [0.1, 0.15) is 17.7 Å². The van der Waals surface area contributed by atoms with E-state index in [0.717, 1.165) is 6.07 Å². The zero-order chi connectivity index (χ0) is 11.6. The number of aromatic nitrogens is 1. The maximum atomic E-state index is 12.5. The molecule has 0 unspecified atom stereocenters. The monoisotopic (exact) mass is 325 g/mol. The third-order valence-corrected chi connectivity index (χ3v) is 2.34. The van der Waals surface area contributed by atoms with Gasteiger partial charge >= 0.3 is 0 Å². The average molecular weight is 325 g/mol. The highest BCUT2D eigenvalue weighted by Gasteiger charge is 2.26. The Bertz CT molecular complexity index is 458. The largest absolute Gasteiger partial charge is 0.283 e. The van der Waals surface area contributed by atoms with Gasteiger partial charge in [0.25, 0.3) is 12.1 Å². The summed E-state index contributed by atoms with van der Waals surface area (Å²) in [6, 6.07) is 2.30. The molecule has 0 aliphatic carbocycles. The molecule has 0 aliphatic heterocycles. The van der Waals surface area contributed by atoms with Crippen molar-refractivity contribution in [3.63, 3.8) is 0 Å². The van der Waals surface area contributed by atoms with Crippen molar-refractivity contribution in [1.29, 1.82) is 5.26 Å². The number of rotatable bonds is 2. The van der Waals surface area contributed by atoms with Crippen molar-refractivity contribution >= 4 is 28.3 Å². The molecule has 0 aromatic carbocycles. The second-order valence-corrected chi connectivity index (χ2v) is 3.42. The Morgan fingerprint density at radius 1 is 1.67 bits per heavy atom. The van der Waals surface area contributed by atoms with E-state index in [4.69, 9.17) is 5.26 Å². The van der Waals surface area contributed by atoms with E-state index in [1.165, 1.54) is 22.6 Å². The van der Waals surface area contributed by atoms with E-state index in [9.17, 15) is 18.9 Å². The van der Waals surface area contributed by atoms with Crippen molar-refractivity contribution in [2.75, 3.05) is 0 Å². The summed E-state index contributed by atoms with van der Waals surface area (Å²) in [5, 5.41) is 19.0. The normalized spacial score (nSPS) is 10.1. The molecule has 8 heteroatoms. The van der Waals surface area contributed by atoms with Gasteiger partial charge in [-0.2, -0.15) is 5.26 Å². The van der Waals surface area contributed by atoms with Crippen molar-refractivity contribution in [1.82, 2.24) is 4.98 Å². The van der Waals surface area contributed by atoms with Gasteiger partial charge in [0.1, 0.15) is 21.0 Å². The first-order valence-electron chi connectivity index (χ1n) is 3.50. The lowest BCUT2D eigenvalue weighted by Crippen LogP contribution is -2.02. The Kier molecular flexibility index (Phi) is 3.46. The number of pyridine rings is 1. The third-order valence-electron chi connectivity index (χ3n) is 1.52. The minimum atomic E-state index is -2.99. The molecule has 1 aromatic heterocycles. The number of nitrogens with zero attached hydrogens (tertiary/aromatic N) is 3. The van der Waals surface area contributed by atoms with Crippen LogP contribution in [0.3, 0.4) is 0 Å². The predicted molar refractivity (Wildman–Crippen MR) is 53.3 cm³/mol. The summed E-state index contributed by atoms with van der Waals surface area (Å²) >= 11 is 1.44. The van der Waals surface area contributed by atoms with Gasteiger partial charge in [-0.25, -0.2) is 13.8 Å². The van der Waals surface area contributed by atoms with Crippen LogP contribution in [0.2, 0.25) is 0 Å². The molecule has 15 heavy (non-hydrogen) atoms. The predicted octanol–water partition coefficient (Wildman–Crippen LogP) is 2.40. The molecular weight excluding hydrogens is 323 g/mol. The van der Waals surface area contributed by atoms with Crippen molar-refractivity contribution in [3.05, 3.63) is 31.1 Å². The molecule has 5 nitrogen and oxygen atoms in total. The lowest BCUT2D eigenvalue weighted by molar-refractivity contribution is -0.386. The summed E-state index contributed by atoms with van der Waals surface area (Å²) in [4.78, 5) is 13.0. The van der Waals surface area contributed by atoms with E-state index in [1.807, 2.05) is 0 Å². The highest BCUT2D eigenvalue weighted by Crippen LogP contribution is 2.32. The summed E-state index contributed by atoms with van der Waals surface area (Å²) in [7, 11) is 0. The standard InChI is InChI=1S/C7H2F2IN3O2/c8-6(9)5-4(13(14)15)1-3(2-11)12-7(5)10/h1,6H. The van der Waals surface area contributed by atoms with E-state index < -0.39 is 22.6 Å². The Morgan fingerprint density at radius 2 is 2.27 bits per heavy atom. The van der Waals surface area contributed by atoms with E-state index in [2.05, 4.69) is 4.98 Å². The topological polar surface area (TPSA) is 79.8 Å². The molecule has 1 heterocycles. The number of alkyl halides is 2. The van der Waals surface area contributed by atoms with E-state index in [-0.39, 0.29) is 9.39 Å². The van der Waals surface area contributed by atoms with Crippen molar-refractivity contribution in [2.24, 2.45) is 0 Å². The lowest BCUT2D eigenvalue weighted by atomic mass is 10.2. The fourth-order valence-corrected chi connectivity index (χ4v) is 1.69. The Morgan fingerprint density at radius 3 is 2.67 bits per heavy atom. The zero-order valence-corrected chi connectivity index (χ0v) is 9.10. The molecule has 0 fully saturated rings. The molecule has 1 aromatic rings. The molecule has 0 aliphatic rings. The maximum absolute atomic E-state index is 12.5. The van der Waals surface area contributed by atoms with Crippen LogP contribution in [0.15, 0.2) is 6.07 Å². The number of hydrogen-bond donors (Lipinski definition) is 0. The second kappa shape index (κ2) is 4.43. The number of nitro groups is 1. The van der Waals surface area contributed by atoms with Crippen LogP contribution < -0.4 is 0 Å². The van der Waals surface area contributed by atoms with Crippen LogP contribution >= 0.6 is 22.6 Å². The van der Waals surface area contributed by atoms with Gasteiger partial charge in [0.15, 0.2) is 0 Å². The molecule has 0 amide bonds. The zero-order valence-electron chi connectivity index (χ0n) is 6.95. The molecule has 0 bridgehead atoms. The number of halogens is 3. The van der Waals surface area contributed by atoms with E-state index in [0.29, 0.717) is 0 Å². The molecule has 78 valence electrons. The van der Waals surface area contributed by atoms with E-state index in [1.54, 1.807) is 6.07 Å². The fourth-order valence-electron chi connectivity index (χ4n) is 0.921. The first kappa shape index (κ1) is 11.7. The number of hydrogen-bond acceptors (Lipinski definition) is 4. The lowest BCUT2D eigenvalue weighted by Gasteiger charge is -2.03. The number of nitriles is 1. The molecule has 0 saturated carbocycles. The molecule has 1 rings (SSSR count). The third kappa shape index (κ3) is 2.35. The summed E-state index contributed by atoms with van der Waals surface area (Å²) in [6.07, 6.45) is -2.99. The highest BCUT2D eigenvalue weighted by molar-refractivity contribution is 14.1. The van der Waals surface area contributed by atoms with Gasteiger partial charge in [-0.05, 0) is 22.6 Å². The summed E-state index contributed by atoms with van der Waals surface area (Å²) in [6.45, 7) is 0. The van der Waals surface area contributed by atoms with Crippen LogP contribution in [-0.4, -0.2) is 9.91 Å². The van der Waals surface area contributed by atoms with Crippen LogP contribution in [0.5, 0.6) is 0 Å². The average Bonchev–Trinajstić information content (AvgIpc) is 2.15. The SMILES string of the molecule is N#Cc1cc([N+](=O)[O-])c(C(F)F)c(I)n1. The Hall–Kier alpha value is -1.37. The van der Waals surface area contributed by atoms with Crippen LogP contribution in [0.4, 0.5) is 14.5 Å². The van der Waals surface area contributed by atoms with Gasteiger partial charge in [0, 0.05) is 0 Å². The minimum Gasteiger partial charge on any atom is -0.258 e. The van der Waals surface area contributed by atoms with Crippen LogP contribution in [0, 0.1) is 25.1 Å². The quantitative estimate of drug-likeness (QED) is 0.362. The molecular formula is C7H2F2IN3O2. The van der Waals surface area contributed by atoms with Gasteiger partial charge in [0.2, 0.25) is 0 Å². The van der Waals surface area contributed by atoms with Crippen molar-refractivity contribution in [3.8, 4) is 6.07 Å². The fraction of sp³-hybridized carbons (Fsp3) is 0.143. The molecule has 0 atom stereocenters. The summed E-state index contributed by atoms with van der Waals surface area (Å²) in [5.41, 5.74) is -1.78. The molecule has 0 radical (unpaired) electrons. The first-order valence-corrected chi connectivity index (χ1v) is 4.58. The van der Waals surface area contributed by atoms with Gasteiger partial charge in [-0.3, -0.25) is 10.1 Å². The van der Waals surface area contributed by atoms with Crippen molar-refractivity contribution in [2.45, 2.75) is 6.43 Å². The van der Waals surface area contributed by atoms with Gasteiger partial charge in [0.05, 0.1) is 11.0 Å². The molecule has 0 saturated heterocycles. The molecule has 0 N–H and O–H groups in total. The highest BCUT2D eigenvalue weighted by atomic mass is 127. The Labute approximate surface area is 96.0 Å². The minimum absolute atomic E-state index is 0.228. The maximum Gasteiger partial charge on any atom is 0.283 e. The van der Waals surface area contributed by atoms with Crippen LogP contribution in [0.25, 0.3) is 0 Å². The smallest absolute Gasteiger partial charge is 0.258 e. The summed E-state index contributed by atoms with van der Waals surface area (Å²) in [5.74, 6) is 0. The first-order chi connectivity index (χ1) is 6.97. The van der Waals surface area contributed by atoms with Gasteiger partial charge in [-0.15, -0.1) is 0 Å². The Balaban J connectivity index is 3.51. The van der Waals surface area contributed by atoms with Crippen molar-refractivity contribution < 1.29 is 13.7 Å². The molecule has 0 spiro atoms. The van der Waals surface area contributed by atoms with Gasteiger partial charge < -0.3 is 0 Å². The van der Waals surface area contributed by atoms with Crippen LogP contribution in [-0.2, 0) is 0 Å². The summed E-state index contributed by atoms with van der Waals surface area (Å²) < 4.78 is 24.7. The second-order valence-electron chi connectivity index (χ2n) is 2.40.